The molecule has 4 nitrogen and oxygen atoms in total. The van der Waals surface area contributed by atoms with Crippen LogP contribution in [0.15, 0.2) is 42.5 Å². The third-order valence-electron chi connectivity index (χ3n) is 4.25. The quantitative estimate of drug-likeness (QED) is 0.912. The van der Waals surface area contributed by atoms with E-state index in [4.69, 9.17) is 11.6 Å². The molecule has 0 aromatic heterocycles. The van der Waals surface area contributed by atoms with Gasteiger partial charge in [0.2, 0.25) is 5.91 Å². The van der Waals surface area contributed by atoms with Gasteiger partial charge in [0, 0.05) is 35.8 Å². The van der Waals surface area contributed by atoms with Gasteiger partial charge in [0.05, 0.1) is 0 Å². The number of rotatable bonds is 4. The number of carbonyl (C=O) groups is 2. The Morgan fingerprint density at radius 2 is 2.04 bits per heavy atom. The van der Waals surface area contributed by atoms with Crippen LogP contribution in [0.5, 0.6) is 0 Å². The first kappa shape index (κ1) is 16.5. The minimum Gasteiger partial charge on any atom is -0.338 e. The van der Waals surface area contributed by atoms with E-state index < -0.39 is 0 Å². The Balaban J connectivity index is 1.74. The molecule has 0 unspecified atom stereocenters. The molecule has 5 heteroatoms. The number of benzene rings is 2. The molecule has 2 aromatic rings. The maximum absolute atomic E-state index is 12.5. The molecule has 3 rings (SSSR count). The third kappa shape index (κ3) is 3.60. The van der Waals surface area contributed by atoms with Crippen molar-refractivity contribution >= 4 is 29.1 Å². The Bertz CT molecular complexity index is 789. The second-order valence-corrected chi connectivity index (χ2v) is 6.39. The maximum atomic E-state index is 12.5. The number of hydrogen-bond donors (Lipinski definition) is 1. The molecule has 0 saturated carbocycles. The fourth-order valence-corrected chi connectivity index (χ4v) is 3.01. The molecule has 2 amide bonds. The van der Waals surface area contributed by atoms with Gasteiger partial charge in [-0.15, -0.1) is 0 Å². The number of halogens is 1. The van der Waals surface area contributed by atoms with Crippen molar-refractivity contribution in [2.45, 2.75) is 26.3 Å². The lowest BCUT2D eigenvalue weighted by molar-refractivity contribution is -0.128. The van der Waals surface area contributed by atoms with Crippen LogP contribution in [-0.2, 0) is 11.3 Å². The Morgan fingerprint density at radius 1 is 1.25 bits per heavy atom. The van der Waals surface area contributed by atoms with Crippen LogP contribution in [0.1, 0.15) is 34.3 Å². The van der Waals surface area contributed by atoms with Crippen molar-refractivity contribution in [3.8, 4) is 0 Å². The summed E-state index contributed by atoms with van der Waals surface area (Å²) in [5.41, 5.74) is 3.07. The molecule has 1 heterocycles. The topological polar surface area (TPSA) is 49.4 Å². The van der Waals surface area contributed by atoms with E-state index in [1.807, 2.05) is 36.1 Å². The zero-order valence-electron chi connectivity index (χ0n) is 13.5. The summed E-state index contributed by atoms with van der Waals surface area (Å²) >= 11 is 6.09. The van der Waals surface area contributed by atoms with Crippen molar-refractivity contribution < 1.29 is 9.59 Å². The van der Waals surface area contributed by atoms with Crippen molar-refractivity contribution in [1.82, 2.24) is 4.90 Å². The monoisotopic (exact) mass is 342 g/mol. The summed E-state index contributed by atoms with van der Waals surface area (Å²) in [5, 5.41) is 3.51. The predicted octanol–water partition coefficient (Wildman–Crippen LogP) is 4.02. The Labute approximate surface area is 146 Å². The lowest BCUT2D eigenvalue weighted by Gasteiger charge is -2.16. The molecule has 1 fully saturated rings. The first-order valence-electron chi connectivity index (χ1n) is 7.98. The van der Waals surface area contributed by atoms with Crippen molar-refractivity contribution in [3.63, 3.8) is 0 Å². The molecule has 0 spiro atoms. The van der Waals surface area contributed by atoms with Crippen molar-refractivity contribution in [1.29, 1.82) is 0 Å². The highest BCUT2D eigenvalue weighted by Crippen LogP contribution is 2.23. The predicted molar refractivity (Wildman–Crippen MR) is 95.2 cm³/mol. The molecule has 1 aliphatic heterocycles. The number of nitrogens with zero attached hydrogens (tertiary/aromatic N) is 1. The lowest BCUT2D eigenvalue weighted by Crippen LogP contribution is -2.24. The minimum absolute atomic E-state index is 0.180. The van der Waals surface area contributed by atoms with Crippen LogP contribution < -0.4 is 5.32 Å². The largest absolute Gasteiger partial charge is 0.338 e. The first-order chi connectivity index (χ1) is 11.5. The number of likely N-dealkylation sites (tertiary alicyclic amines) is 1. The fourth-order valence-electron chi connectivity index (χ4n) is 2.84. The molecular formula is C19H19ClN2O2. The molecule has 124 valence electrons. The van der Waals surface area contributed by atoms with Crippen LogP contribution in [-0.4, -0.2) is 23.3 Å². The number of anilines is 1. The molecule has 1 saturated heterocycles. The molecule has 2 aromatic carbocycles. The highest BCUT2D eigenvalue weighted by molar-refractivity contribution is 6.31. The van der Waals surface area contributed by atoms with Crippen LogP contribution in [0.4, 0.5) is 5.69 Å². The van der Waals surface area contributed by atoms with Crippen molar-refractivity contribution in [3.05, 3.63) is 64.2 Å². The molecule has 1 aliphatic rings. The summed E-state index contributed by atoms with van der Waals surface area (Å²) in [6.07, 6.45) is 1.53. The second kappa shape index (κ2) is 7.05. The number of hydrogen-bond acceptors (Lipinski definition) is 2. The first-order valence-corrected chi connectivity index (χ1v) is 8.35. The van der Waals surface area contributed by atoms with E-state index in [1.165, 1.54) is 0 Å². The van der Waals surface area contributed by atoms with Crippen LogP contribution >= 0.6 is 11.6 Å². The molecule has 0 aliphatic carbocycles. The zero-order valence-corrected chi connectivity index (χ0v) is 14.3. The summed E-state index contributed by atoms with van der Waals surface area (Å²) in [6.45, 7) is 3.21. The van der Waals surface area contributed by atoms with E-state index in [0.29, 0.717) is 29.2 Å². The van der Waals surface area contributed by atoms with Crippen molar-refractivity contribution in [2.24, 2.45) is 0 Å². The highest BCUT2D eigenvalue weighted by atomic mass is 35.5. The average molecular weight is 343 g/mol. The number of carbonyl (C=O) groups excluding carboxylic acids is 2. The number of amides is 2. The Kier molecular flexibility index (Phi) is 4.86. The number of nitrogens with one attached hydrogen (secondary N) is 1. The SMILES string of the molecule is Cc1c(Cl)cccc1NC(=O)c1cccc(CN2CCCC2=O)c1. The van der Waals surface area contributed by atoms with Crippen molar-refractivity contribution in [2.75, 3.05) is 11.9 Å². The lowest BCUT2D eigenvalue weighted by atomic mass is 10.1. The fraction of sp³-hybridized carbons (Fsp3) is 0.263. The zero-order chi connectivity index (χ0) is 17.1. The van der Waals surface area contributed by atoms with Crippen LogP contribution in [0.25, 0.3) is 0 Å². The molecular weight excluding hydrogens is 324 g/mol. The Hall–Kier alpha value is -2.33. The van der Waals surface area contributed by atoms with Gasteiger partial charge in [-0.2, -0.15) is 0 Å². The summed E-state index contributed by atoms with van der Waals surface area (Å²) in [7, 11) is 0. The summed E-state index contributed by atoms with van der Waals surface area (Å²) < 4.78 is 0. The minimum atomic E-state index is -0.185. The molecule has 1 N–H and O–H groups in total. The molecule has 0 radical (unpaired) electrons. The maximum Gasteiger partial charge on any atom is 0.255 e. The van der Waals surface area contributed by atoms with Gasteiger partial charge in [-0.05, 0) is 48.7 Å². The van der Waals surface area contributed by atoms with E-state index in [9.17, 15) is 9.59 Å². The van der Waals surface area contributed by atoms with Crippen LogP contribution in [0.3, 0.4) is 0 Å². The normalized spacial score (nSPS) is 14.1. The van der Waals surface area contributed by atoms with Gasteiger partial charge in [0.1, 0.15) is 0 Å². The van der Waals surface area contributed by atoms with E-state index in [1.54, 1.807) is 18.2 Å². The van der Waals surface area contributed by atoms with Gasteiger partial charge in [0.25, 0.3) is 5.91 Å². The third-order valence-corrected chi connectivity index (χ3v) is 4.66. The van der Waals surface area contributed by atoms with Crippen LogP contribution in [0.2, 0.25) is 5.02 Å². The smallest absolute Gasteiger partial charge is 0.255 e. The van der Waals surface area contributed by atoms with Gasteiger partial charge >= 0.3 is 0 Å². The Morgan fingerprint density at radius 3 is 2.79 bits per heavy atom. The van der Waals surface area contributed by atoms with Gasteiger partial charge in [-0.1, -0.05) is 29.8 Å². The van der Waals surface area contributed by atoms with Gasteiger partial charge in [-0.3, -0.25) is 9.59 Å². The van der Waals surface area contributed by atoms with E-state index >= 15 is 0 Å². The average Bonchev–Trinajstić information content (AvgIpc) is 2.97. The molecule has 0 bridgehead atoms. The summed E-state index contributed by atoms with van der Waals surface area (Å²) in [4.78, 5) is 26.1. The van der Waals surface area contributed by atoms with E-state index in [2.05, 4.69) is 5.32 Å². The van der Waals surface area contributed by atoms with Gasteiger partial charge in [-0.25, -0.2) is 0 Å². The van der Waals surface area contributed by atoms with Crippen LogP contribution in [0, 0.1) is 6.92 Å². The van der Waals surface area contributed by atoms with Gasteiger partial charge < -0.3 is 10.2 Å². The van der Waals surface area contributed by atoms with E-state index in [-0.39, 0.29) is 11.8 Å². The summed E-state index contributed by atoms with van der Waals surface area (Å²) in [6, 6.07) is 12.8. The second-order valence-electron chi connectivity index (χ2n) is 5.99. The van der Waals surface area contributed by atoms with E-state index in [0.717, 1.165) is 24.1 Å². The molecule has 24 heavy (non-hydrogen) atoms. The standard InChI is InChI=1S/C19H19ClN2O2/c1-13-16(20)7-3-8-17(13)21-19(24)15-6-2-5-14(11-15)12-22-10-4-9-18(22)23/h2-3,5-8,11H,4,9-10,12H2,1H3,(H,21,24). The molecule has 0 atom stereocenters. The van der Waals surface area contributed by atoms with Gasteiger partial charge in [0.15, 0.2) is 0 Å². The summed E-state index contributed by atoms with van der Waals surface area (Å²) in [5.74, 6) is -0.00521. The highest BCUT2D eigenvalue weighted by Gasteiger charge is 2.20.